The molecule has 0 N–H and O–H groups in total. The van der Waals surface area contributed by atoms with Crippen LogP contribution in [0.4, 0.5) is 0 Å². The Morgan fingerprint density at radius 1 is 1.00 bits per heavy atom. The third-order valence-electron chi connectivity index (χ3n) is 2.25. The van der Waals surface area contributed by atoms with E-state index in [-0.39, 0.29) is 0 Å². The summed E-state index contributed by atoms with van der Waals surface area (Å²) in [6.07, 6.45) is 3.55. The van der Waals surface area contributed by atoms with Crippen molar-refractivity contribution < 1.29 is 9.47 Å². The summed E-state index contributed by atoms with van der Waals surface area (Å²) in [5, 5.41) is 0. The third kappa shape index (κ3) is 2.91. The van der Waals surface area contributed by atoms with E-state index >= 15 is 0 Å². The highest BCUT2D eigenvalue weighted by molar-refractivity contribution is 7.99. The van der Waals surface area contributed by atoms with Gasteiger partial charge in [-0.1, -0.05) is 11.8 Å². The minimum atomic E-state index is 0.822. The molecule has 0 bridgehead atoms. The molecule has 88 valence electrons. The lowest BCUT2D eigenvalue weighted by Gasteiger charge is -2.09. The summed E-state index contributed by atoms with van der Waals surface area (Å²) >= 11 is 1.62. The summed E-state index contributed by atoms with van der Waals surface area (Å²) < 4.78 is 10.5. The van der Waals surface area contributed by atoms with E-state index in [1.807, 2.05) is 30.3 Å². The van der Waals surface area contributed by atoms with E-state index in [2.05, 4.69) is 4.98 Å². The summed E-state index contributed by atoms with van der Waals surface area (Å²) in [5.74, 6) is 1.66. The summed E-state index contributed by atoms with van der Waals surface area (Å²) in [4.78, 5) is 6.14. The van der Waals surface area contributed by atoms with Gasteiger partial charge in [-0.15, -0.1) is 0 Å². The van der Waals surface area contributed by atoms with Gasteiger partial charge >= 0.3 is 0 Å². The van der Waals surface area contributed by atoms with E-state index in [4.69, 9.17) is 9.47 Å². The molecule has 4 heteroatoms. The smallest absolute Gasteiger partial charge is 0.133 e. The van der Waals surface area contributed by atoms with Crippen molar-refractivity contribution in [3.05, 3.63) is 42.7 Å². The maximum atomic E-state index is 5.33. The molecule has 2 rings (SSSR count). The highest BCUT2D eigenvalue weighted by Crippen LogP contribution is 2.36. The number of hydrogen-bond acceptors (Lipinski definition) is 4. The van der Waals surface area contributed by atoms with Crippen LogP contribution in [0.2, 0.25) is 0 Å². The van der Waals surface area contributed by atoms with Gasteiger partial charge in [-0.25, -0.2) is 0 Å². The van der Waals surface area contributed by atoms with Gasteiger partial charge in [-0.2, -0.15) is 0 Å². The van der Waals surface area contributed by atoms with Gasteiger partial charge in [0.25, 0.3) is 0 Å². The number of nitrogens with zero attached hydrogens (tertiary/aromatic N) is 1. The van der Waals surface area contributed by atoms with Gasteiger partial charge in [0, 0.05) is 17.3 Å². The standard InChI is InChI=1S/C13H13NO2S/c1-15-10-3-4-12(16-2)13(9-10)17-11-5-7-14-8-6-11/h3-9H,1-2H3. The van der Waals surface area contributed by atoms with E-state index in [0.717, 1.165) is 21.3 Å². The maximum Gasteiger partial charge on any atom is 0.133 e. The molecule has 0 spiro atoms. The van der Waals surface area contributed by atoms with Crippen molar-refractivity contribution in [1.29, 1.82) is 0 Å². The molecule has 0 saturated heterocycles. The van der Waals surface area contributed by atoms with Crippen LogP contribution in [0.15, 0.2) is 52.5 Å². The van der Waals surface area contributed by atoms with Crippen LogP contribution in [0.3, 0.4) is 0 Å². The molecule has 0 unspecified atom stereocenters. The Bertz CT molecular complexity index is 488. The zero-order valence-electron chi connectivity index (χ0n) is 9.71. The van der Waals surface area contributed by atoms with Crippen molar-refractivity contribution in [2.24, 2.45) is 0 Å². The molecular weight excluding hydrogens is 234 g/mol. The maximum absolute atomic E-state index is 5.33. The predicted molar refractivity (Wildman–Crippen MR) is 67.9 cm³/mol. The molecule has 1 aromatic heterocycles. The molecule has 0 aliphatic heterocycles. The molecule has 2 aromatic rings. The van der Waals surface area contributed by atoms with Gasteiger partial charge < -0.3 is 9.47 Å². The molecule has 0 aliphatic rings. The van der Waals surface area contributed by atoms with Gasteiger partial charge in [0.1, 0.15) is 11.5 Å². The molecule has 1 aromatic carbocycles. The van der Waals surface area contributed by atoms with Crippen molar-refractivity contribution in [2.45, 2.75) is 9.79 Å². The zero-order valence-corrected chi connectivity index (χ0v) is 10.5. The summed E-state index contributed by atoms with van der Waals surface area (Å²) in [7, 11) is 3.32. The van der Waals surface area contributed by atoms with Crippen molar-refractivity contribution in [1.82, 2.24) is 4.98 Å². The Labute approximate surface area is 105 Å². The van der Waals surface area contributed by atoms with Crippen LogP contribution in [-0.2, 0) is 0 Å². The molecule has 0 fully saturated rings. The largest absolute Gasteiger partial charge is 0.497 e. The molecule has 0 aliphatic carbocycles. The van der Waals surface area contributed by atoms with E-state index in [9.17, 15) is 0 Å². The summed E-state index contributed by atoms with van der Waals surface area (Å²) in [6, 6.07) is 9.68. The van der Waals surface area contributed by atoms with Crippen LogP contribution >= 0.6 is 11.8 Å². The van der Waals surface area contributed by atoms with E-state index in [1.54, 1.807) is 38.4 Å². The summed E-state index contributed by atoms with van der Waals surface area (Å²) in [5.41, 5.74) is 0. The fraction of sp³-hybridized carbons (Fsp3) is 0.154. The van der Waals surface area contributed by atoms with Crippen LogP contribution in [0, 0.1) is 0 Å². The third-order valence-corrected chi connectivity index (χ3v) is 3.30. The molecule has 17 heavy (non-hydrogen) atoms. The first-order valence-electron chi connectivity index (χ1n) is 5.13. The quantitative estimate of drug-likeness (QED) is 0.830. The first-order chi connectivity index (χ1) is 8.33. The van der Waals surface area contributed by atoms with Crippen LogP contribution < -0.4 is 9.47 Å². The Morgan fingerprint density at radius 3 is 2.41 bits per heavy atom. The molecular formula is C13H13NO2S. The van der Waals surface area contributed by atoms with Gasteiger partial charge in [0.2, 0.25) is 0 Å². The highest BCUT2D eigenvalue weighted by atomic mass is 32.2. The fourth-order valence-electron chi connectivity index (χ4n) is 1.40. The first-order valence-corrected chi connectivity index (χ1v) is 5.95. The van der Waals surface area contributed by atoms with Crippen molar-refractivity contribution >= 4 is 11.8 Å². The predicted octanol–water partition coefficient (Wildman–Crippen LogP) is 3.25. The Morgan fingerprint density at radius 2 is 1.76 bits per heavy atom. The number of methoxy groups -OCH3 is 2. The second-order valence-corrected chi connectivity index (χ2v) is 4.42. The average Bonchev–Trinajstić information content (AvgIpc) is 2.40. The van der Waals surface area contributed by atoms with E-state index in [0.29, 0.717) is 0 Å². The van der Waals surface area contributed by atoms with Crippen molar-refractivity contribution in [3.8, 4) is 11.5 Å². The topological polar surface area (TPSA) is 31.4 Å². The van der Waals surface area contributed by atoms with Gasteiger partial charge in [0.15, 0.2) is 0 Å². The second kappa shape index (κ2) is 5.59. The molecule has 0 amide bonds. The lowest BCUT2D eigenvalue weighted by molar-refractivity contribution is 0.394. The van der Waals surface area contributed by atoms with Crippen molar-refractivity contribution in [3.63, 3.8) is 0 Å². The Kier molecular flexibility index (Phi) is 3.88. The second-order valence-electron chi connectivity index (χ2n) is 3.30. The van der Waals surface area contributed by atoms with Gasteiger partial charge in [-0.3, -0.25) is 4.98 Å². The molecule has 1 heterocycles. The van der Waals surface area contributed by atoms with Gasteiger partial charge in [-0.05, 0) is 30.3 Å². The van der Waals surface area contributed by atoms with E-state index in [1.165, 1.54) is 0 Å². The minimum Gasteiger partial charge on any atom is -0.497 e. The number of pyridine rings is 1. The summed E-state index contributed by atoms with van der Waals surface area (Å²) in [6.45, 7) is 0. The first kappa shape index (κ1) is 11.8. The van der Waals surface area contributed by atoms with Crippen LogP contribution in [-0.4, -0.2) is 19.2 Å². The number of ether oxygens (including phenoxy) is 2. The fourth-order valence-corrected chi connectivity index (χ4v) is 2.34. The number of aromatic nitrogens is 1. The highest BCUT2D eigenvalue weighted by Gasteiger charge is 2.06. The molecule has 0 radical (unpaired) electrons. The van der Waals surface area contributed by atoms with Gasteiger partial charge in [0.05, 0.1) is 19.1 Å². The Hall–Kier alpha value is -1.68. The number of benzene rings is 1. The number of rotatable bonds is 4. The van der Waals surface area contributed by atoms with Crippen LogP contribution in [0.1, 0.15) is 0 Å². The lowest BCUT2D eigenvalue weighted by Crippen LogP contribution is -1.88. The zero-order chi connectivity index (χ0) is 12.1. The lowest BCUT2D eigenvalue weighted by atomic mass is 10.3. The molecule has 0 saturated carbocycles. The Balaban J connectivity index is 2.30. The van der Waals surface area contributed by atoms with Crippen LogP contribution in [0.25, 0.3) is 0 Å². The SMILES string of the molecule is COc1ccc(OC)c(Sc2ccncc2)c1. The normalized spacial score (nSPS) is 10.0. The molecule has 0 atom stereocenters. The van der Waals surface area contributed by atoms with E-state index < -0.39 is 0 Å². The number of hydrogen-bond donors (Lipinski definition) is 0. The van der Waals surface area contributed by atoms with Crippen LogP contribution in [0.5, 0.6) is 11.5 Å². The average molecular weight is 247 g/mol. The molecule has 3 nitrogen and oxygen atoms in total. The minimum absolute atomic E-state index is 0.822. The van der Waals surface area contributed by atoms with Crippen molar-refractivity contribution in [2.75, 3.05) is 14.2 Å². The monoisotopic (exact) mass is 247 g/mol.